The molecule has 0 amide bonds. The number of hydrogen-bond donors (Lipinski definition) is 0. The fourth-order valence-corrected chi connectivity index (χ4v) is 2.17. The summed E-state index contributed by atoms with van der Waals surface area (Å²) in [7, 11) is 0. The molecule has 2 heterocycles. The van der Waals surface area contributed by atoms with Crippen LogP contribution in [0.1, 0.15) is 27.2 Å². The Labute approximate surface area is 84.6 Å². The maximum absolute atomic E-state index is 4.07. The largest absolute Gasteiger partial charge is 0.362 e. The Bertz CT molecular complexity index is 221. The van der Waals surface area contributed by atoms with Gasteiger partial charge in [0.15, 0.2) is 0 Å². The molecule has 1 saturated heterocycles. The summed E-state index contributed by atoms with van der Waals surface area (Å²) in [5.41, 5.74) is 1.90. The molecule has 1 atom stereocenters. The van der Waals surface area contributed by atoms with Crippen molar-refractivity contribution >= 4 is 16.3 Å². The van der Waals surface area contributed by atoms with E-state index in [1.807, 2.05) is 25.6 Å². The zero-order chi connectivity index (χ0) is 9.68. The summed E-state index contributed by atoms with van der Waals surface area (Å²) >= 11 is 1.74. The van der Waals surface area contributed by atoms with Gasteiger partial charge in [0.25, 0.3) is 0 Å². The number of rotatable bonds is 1. The van der Waals surface area contributed by atoms with Crippen LogP contribution in [0.2, 0.25) is 0 Å². The molecule has 74 valence electrons. The van der Waals surface area contributed by atoms with Crippen molar-refractivity contribution in [3.05, 3.63) is 11.7 Å². The van der Waals surface area contributed by atoms with E-state index in [4.69, 9.17) is 0 Å². The lowest BCUT2D eigenvalue weighted by Gasteiger charge is -2.13. The Kier molecular flexibility index (Phi) is 4.22. The van der Waals surface area contributed by atoms with Crippen LogP contribution in [0.5, 0.6) is 0 Å². The van der Waals surface area contributed by atoms with Crippen molar-refractivity contribution in [1.29, 1.82) is 0 Å². The summed E-state index contributed by atoms with van der Waals surface area (Å²) in [5.74, 6) is 0.858. The molecule has 1 aliphatic heterocycles. The van der Waals surface area contributed by atoms with Crippen molar-refractivity contribution in [2.24, 2.45) is 5.92 Å². The first-order valence-corrected chi connectivity index (χ1v) is 5.87. The molecular formula is C10H18N2S. The molecule has 1 aromatic rings. The molecule has 0 spiro atoms. The molecule has 0 aliphatic carbocycles. The van der Waals surface area contributed by atoms with Gasteiger partial charge in [0, 0.05) is 13.1 Å². The van der Waals surface area contributed by atoms with Crippen LogP contribution in [0.25, 0.3) is 0 Å². The quantitative estimate of drug-likeness (QED) is 0.689. The summed E-state index contributed by atoms with van der Waals surface area (Å²) in [4.78, 5) is 6.49. The van der Waals surface area contributed by atoms with Gasteiger partial charge in [-0.05, 0) is 12.3 Å². The smallest absolute Gasteiger partial charge is 0.111 e. The fraction of sp³-hybridized carbons (Fsp3) is 0.700. The molecule has 3 heteroatoms. The van der Waals surface area contributed by atoms with E-state index in [0.717, 1.165) is 5.92 Å². The van der Waals surface area contributed by atoms with Crippen molar-refractivity contribution in [3.63, 3.8) is 0 Å². The molecule has 2 rings (SSSR count). The molecule has 0 N–H and O–H groups in total. The van der Waals surface area contributed by atoms with E-state index < -0.39 is 0 Å². The predicted octanol–water partition coefficient (Wildman–Crippen LogP) is 3.02. The Morgan fingerprint density at radius 3 is 2.77 bits per heavy atom. The van der Waals surface area contributed by atoms with Crippen LogP contribution in [-0.2, 0) is 0 Å². The SMILES string of the molecule is CC.CC1CCN(c2cncs2)C1. The molecule has 0 aromatic carbocycles. The second-order valence-corrected chi connectivity index (χ2v) is 4.04. The summed E-state index contributed by atoms with van der Waals surface area (Å²) in [6.07, 6.45) is 3.29. The Morgan fingerprint density at radius 1 is 1.54 bits per heavy atom. The minimum absolute atomic E-state index is 0.858. The van der Waals surface area contributed by atoms with Crippen LogP contribution in [0.4, 0.5) is 5.00 Å². The molecule has 0 radical (unpaired) electrons. The topological polar surface area (TPSA) is 16.1 Å². The van der Waals surface area contributed by atoms with Crippen molar-refractivity contribution in [2.75, 3.05) is 18.0 Å². The zero-order valence-electron chi connectivity index (χ0n) is 8.66. The number of thiazole rings is 1. The minimum atomic E-state index is 0.858. The lowest BCUT2D eigenvalue weighted by atomic mass is 10.2. The van der Waals surface area contributed by atoms with Gasteiger partial charge in [-0.3, -0.25) is 4.98 Å². The van der Waals surface area contributed by atoms with Gasteiger partial charge in [0.1, 0.15) is 5.00 Å². The maximum atomic E-state index is 4.07. The van der Waals surface area contributed by atoms with Crippen LogP contribution >= 0.6 is 11.3 Å². The first kappa shape index (κ1) is 10.5. The van der Waals surface area contributed by atoms with Gasteiger partial charge < -0.3 is 4.90 Å². The molecule has 2 nitrogen and oxygen atoms in total. The third kappa shape index (κ3) is 2.69. The lowest BCUT2D eigenvalue weighted by molar-refractivity contribution is 0.659. The van der Waals surface area contributed by atoms with Crippen molar-refractivity contribution in [1.82, 2.24) is 4.98 Å². The second kappa shape index (κ2) is 5.22. The number of hydrogen-bond acceptors (Lipinski definition) is 3. The van der Waals surface area contributed by atoms with Crippen LogP contribution in [0.3, 0.4) is 0 Å². The van der Waals surface area contributed by atoms with Crippen molar-refractivity contribution in [2.45, 2.75) is 27.2 Å². The van der Waals surface area contributed by atoms with E-state index in [0.29, 0.717) is 0 Å². The van der Waals surface area contributed by atoms with Gasteiger partial charge in [-0.25, -0.2) is 0 Å². The predicted molar refractivity (Wildman–Crippen MR) is 59.5 cm³/mol. The summed E-state index contributed by atoms with van der Waals surface area (Å²) in [6.45, 7) is 8.73. The zero-order valence-corrected chi connectivity index (χ0v) is 9.47. The van der Waals surface area contributed by atoms with E-state index in [9.17, 15) is 0 Å². The van der Waals surface area contributed by atoms with Crippen LogP contribution in [0.15, 0.2) is 11.7 Å². The van der Waals surface area contributed by atoms with Gasteiger partial charge in [0.2, 0.25) is 0 Å². The normalized spacial score (nSPS) is 21.2. The van der Waals surface area contributed by atoms with E-state index >= 15 is 0 Å². The highest BCUT2D eigenvalue weighted by Gasteiger charge is 2.19. The van der Waals surface area contributed by atoms with Gasteiger partial charge in [-0.1, -0.05) is 20.8 Å². The first-order valence-electron chi connectivity index (χ1n) is 4.99. The number of aromatic nitrogens is 1. The average molecular weight is 198 g/mol. The highest BCUT2D eigenvalue weighted by atomic mass is 32.1. The second-order valence-electron chi connectivity index (χ2n) is 3.18. The molecule has 13 heavy (non-hydrogen) atoms. The van der Waals surface area contributed by atoms with Crippen LogP contribution in [-0.4, -0.2) is 18.1 Å². The van der Waals surface area contributed by atoms with Crippen molar-refractivity contribution < 1.29 is 0 Å². The third-order valence-corrected chi connectivity index (χ3v) is 2.99. The molecular weight excluding hydrogens is 180 g/mol. The molecule has 0 bridgehead atoms. The fourth-order valence-electron chi connectivity index (χ4n) is 1.50. The van der Waals surface area contributed by atoms with Gasteiger partial charge >= 0.3 is 0 Å². The Morgan fingerprint density at radius 2 is 2.31 bits per heavy atom. The molecule has 0 saturated carbocycles. The van der Waals surface area contributed by atoms with Gasteiger partial charge in [-0.15, -0.1) is 11.3 Å². The Hall–Kier alpha value is -0.570. The highest BCUT2D eigenvalue weighted by molar-refractivity contribution is 7.13. The molecule has 1 fully saturated rings. The van der Waals surface area contributed by atoms with Crippen molar-refractivity contribution in [3.8, 4) is 0 Å². The standard InChI is InChI=1S/C8H12N2S.C2H6/c1-7-2-3-10(5-7)8-4-9-6-11-8;1-2/h4,6-7H,2-3,5H2,1H3;1-2H3. The van der Waals surface area contributed by atoms with Crippen LogP contribution < -0.4 is 4.90 Å². The first-order chi connectivity index (χ1) is 6.36. The lowest BCUT2D eigenvalue weighted by Crippen LogP contribution is -2.17. The summed E-state index contributed by atoms with van der Waals surface area (Å²) in [6, 6.07) is 0. The van der Waals surface area contributed by atoms with E-state index in [-0.39, 0.29) is 0 Å². The molecule has 1 unspecified atom stereocenters. The molecule has 1 aromatic heterocycles. The van der Waals surface area contributed by atoms with E-state index in [1.165, 1.54) is 24.5 Å². The maximum Gasteiger partial charge on any atom is 0.111 e. The third-order valence-electron chi connectivity index (χ3n) is 2.15. The number of anilines is 1. The molecule has 1 aliphatic rings. The summed E-state index contributed by atoms with van der Waals surface area (Å²) < 4.78 is 0. The van der Waals surface area contributed by atoms with Crippen LogP contribution in [0, 0.1) is 5.92 Å². The van der Waals surface area contributed by atoms with E-state index in [1.54, 1.807) is 11.3 Å². The summed E-state index contributed by atoms with van der Waals surface area (Å²) in [5, 5.41) is 1.33. The van der Waals surface area contributed by atoms with Gasteiger partial charge in [0.05, 0.1) is 11.7 Å². The van der Waals surface area contributed by atoms with Gasteiger partial charge in [-0.2, -0.15) is 0 Å². The Balaban J connectivity index is 0.000000396. The number of nitrogens with zero attached hydrogens (tertiary/aromatic N) is 2. The highest BCUT2D eigenvalue weighted by Crippen LogP contribution is 2.25. The average Bonchev–Trinajstić information content (AvgIpc) is 2.77. The van der Waals surface area contributed by atoms with E-state index in [2.05, 4.69) is 16.8 Å². The minimum Gasteiger partial charge on any atom is -0.362 e. The monoisotopic (exact) mass is 198 g/mol.